The van der Waals surface area contributed by atoms with Crippen molar-refractivity contribution in [3.8, 4) is 17.0 Å². The molecule has 2 atom stereocenters. The lowest BCUT2D eigenvalue weighted by Crippen LogP contribution is -2.44. The number of carbonyl (C=O) groups excluding carboxylic acids is 1. The largest absolute Gasteiger partial charge is 0.490 e. The maximum atomic E-state index is 13.4. The van der Waals surface area contributed by atoms with Crippen molar-refractivity contribution < 1.29 is 17.9 Å². The lowest BCUT2D eigenvalue weighted by Gasteiger charge is -2.34. The Labute approximate surface area is 214 Å². The first-order valence-corrected chi connectivity index (χ1v) is 13.9. The molecule has 2 saturated heterocycles. The second-order valence-corrected chi connectivity index (χ2v) is 12.5. The predicted molar refractivity (Wildman–Crippen MR) is 141 cm³/mol. The highest BCUT2D eigenvalue weighted by Crippen LogP contribution is 2.39. The predicted octanol–water partition coefficient (Wildman–Crippen LogP) is 3.17. The first kappa shape index (κ1) is 26.4. The van der Waals surface area contributed by atoms with E-state index in [2.05, 4.69) is 30.4 Å². The third-order valence-electron chi connectivity index (χ3n) is 6.72. The van der Waals surface area contributed by atoms with Crippen molar-refractivity contribution in [3.63, 3.8) is 0 Å². The van der Waals surface area contributed by atoms with Gasteiger partial charge in [0.05, 0.1) is 17.4 Å². The van der Waals surface area contributed by atoms with Crippen LogP contribution in [0.15, 0.2) is 36.4 Å². The monoisotopic (exact) mass is 515 g/mol. The molecular weight excluding hydrogens is 478 g/mol. The number of ether oxygens (including phenoxy) is 1. The summed E-state index contributed by atoms with van der Waals surface area (Å²) in [6, 6.07) is 10.8. The van der Waals surface area contributed by atoms with E-state index in [1.165, 1.54) is 4.31 Å². The molecule has 4 rings (SSSR count). The van der Waals surface area contributed by atoms with Gasteiger partial charge < -0.3 is 15.4 Å². The number of nitrogens with two attached hydrogens (primary N) is 1. The van der Waals surface area contributed by atoms with E-state index in [0.29, 0.717) is 36.1 Å². The van der Waals surface area contributed by atoms with Crippen LogP contribution in [0.5, 0.6) is 5.75 Å². The molecule has 0 aliphatic carbocycles. The van der Waals surface area contributed by atoms with E-state index in [1.807, 2.05) is 38.1 Å². The van der Waals surface area contributed by atoms with Crippen LogP contribution in [0.1, 0.15) is 57.8 Å². The normalized spacial score (nSPS) is 22.2. The summed E-state index contributed by atoms with van der Waals surface area (Å²) in [6.45, 7) is 11.5. The number of hydrogen-bond donors (Lipinski definition) is 2. The van der Waals surface area contributed by atoms with E-state index in [9.17, 15) is 13.2 Å². The highest BCUT2D eigenvalue weighted by atomic mass is 32.2. The Morgan fingerprint density at radius 3 is 2.53 bits per heavy atom. The lowest BCUT2D eigenvalue weighted by atomic mass is 9.97. The van der Waals surface area contributed by atoms with Gasteiger partial charge in [0.25, 0.3) is 5.91 Å². The first-order chi connectivity index (χ1) is 16.9. The van der Waals surface area contributed by atoms with Crippen LogP contribution in [0, 0.1) is 5.92 Å². The summed E-state index contributed by atoms with van der Waals surface area (Å²) in [5.74, 6) is 0.858. The number of aromatic nitrogens is 1. The molecule has 2 aliphatic rings. The second-order valence-electron chi connectivity index (χ2n) is 10.8. The van der Waals surface area contributed by atoms with Crippen molar-refractivity contribution in [3.05, 3.63) is 42.0 Å². The van der Waals surface area contributed by atoms with Crippen molar-refractivity contribution in [2.75, 3.05) is 24.5 Å². The number of para-hydroxylation sites is 1. The van der Waals surface area contributed by atoms with E-state index in [-0.39, 0.29) is 36.3 Å². The van der Waals surface area contributed by atoms with E-state index in [1.54, 1.807) is 12.1 Å². The van der Waals surface area contributed by atoms with Crippen LogP contribution in [0.25, 0.3) is 11.3 Å². The second kappa shape index (κ2) is 9.99. The van der Waals surface area contributed by atoms with E-state index >= 15 is 0 Å². The quantitative estimate of drug-likeness (QED) is 0.581. The Hall–Kier alpha value is -2.69. The lowest BCUT2D eigenvalue weighted by molar-refractivity contribution is 0.0979. The summed E-state index contributed by atoms with van der Waals surface area (Å²) < 4.78 is 35.3. The standard InChI is InChI=1S/C26H37N5O4S/c1-17(2)35-23-9-7-6-8-20(23)22-11-10-21(24(28-22)31-15-18(3)14-26(31,4)5)25(32)29-36(33,34)30-13-12-19(27)16-30/h6-11,17-19H,12-16,27H2,1-5H3,(H,29,32)/t18-,19-/m0/s1. The average Bonchev–Trinajstić information content (AvgIpc) is 3.35. The fourth-order valence-electron chi connectivity index (χ4n) is 5.18. The van der Waals surface area contributed by atoms with Crippen LogP contribution in [0.3, 0.4) is 0 Å². The Kier molecular flexibility index (Phi) is 7.32. The Bertz CT molecular complexity index is 1230. The van der Waals surface area contributed by atoms with Gasteiger partial charge in [-0.1, -0.05) is 19.1 Å². The Morgan fingerprint density at radius 2 is 1.92 bits per heavy atom. The van der Waals surface area contributed by atoms with Crippen molar-refractivity contribution in [1.29, 1.82) is 0 Å². The number of benzene rings is 1. The third-order valence-corrected chi connectivity index (χ3v) is 8.18. The van der Waals surface area contributed by atoms with Gasteiger partial charge in [-0.15, -0.1) is 0 Å². The van der Waals surface area contributed by atoms with Crippen molar-refractivity contribution >= 4 is 21.9 Å². The molecule has 0 unspecified atom stereocenters. The number of carbonyl (C=O) groups is 1. The maximum absolute atomic E-state index is 13.4. The SMILES string of the molecule is CC(C)Oc1ccccc1-c1ccc(C(=O)NS(=O)(=O)N2CC[C@H](N)C2)c(N2C[C@@H](C)CC2(C)C)n1. The maximum Gasteiger partial charge on any atom is 0.304 e. The zero-order chi connectivity index (χ0) is 26.3. The van der Waals surface area contributed by atoms with Crippen molar-refractivity contribution in [2.24, 2.45) is 11.7 Å². The minimum Gasteiger partial charge on any atom is -0.490 e. The number of nitrogens with one attached hydrogen (secondary N) is 1. The van der Waals surface area contributed by atoms with Gasteiger partial charge in [-0.3, -0.25) is 4.79 Å². The molecule has 196 valence electrons. The minimum atomic E-state index is -4.02. The molecule has 3 heterocycles. The molecule has 0 radical (unpaired) electrons. The van der Waals surface area contributed by atoms with Crippen LogP contribution in [-0.2, 0) is 10.2 Å². The summed E-state index contributed by atoms with van der Waals surface area (Å²) in [5.41, 5.74) is 7.31. The summed E-state index contributed by atoms with van der Waals surface area (Å²) in [4.78, 5) is 20.4. The van der Waals surface area contributed by atoms with Gasteiger partial charge in [-0.2, -0.15) is 12.7 Å². The minimum absolute atomic E-state index is 0.0158. The Balaban J connectivity index is 1.75. The van der Waals surface area contributed by atoms with Crippen LogP contribution in [-0.4, -0.2) is 60.9 Å². The molecular formula is C26H37N5O4S. The van der Waals surface area contributed by atoms with Gasteiger partial charge in [-0.05, 0) is 70.7 Å². The molecule has 1 aromatic carbocycles. The molecule has 0 spiro atoms. The van der Waals surface area contributed by atoms with Crippen LogP contribution in [0.4, 0.5) is 5.82 Å². The van der Waals surface area contributed by atoms with E-state index < -0.39 is 16.1 Å². The number of anilines is 1. The average molecular weight is 516 g/mol. The summed E-state index contributed by atoms with van der Waals surface area (Å²) in [6.07, 6.45) is 1.48. The van der Waals surface area contributed by atoms with Crippen molar-refractivity contribution in [2.45, 2.75) is 65.1 Å². The molecule has 2 aliphatic heterocycles. The first-order valence-electron chi connectivity index (χ1n) is 12.5. The number of pyridine rings is 1. The molecule has 1 aromatic heterocycles. The third kappa shape index (κ3) is 5.50. The smallest absolute Gasteiger partial charge is 0.304 e. The van der Waals surface area contributed by atoms with Gasteiger partial charge in [0.15, 0.2) is 0 Å². The molecule has 2 fully saturated rings. The zero-order valence-electron chi connectivity index (χ0n) is 21.7. The van der Waals surface area contributed by atoms with E-state index in [4.69, 9.17) is 15.5 Å². The molecule has 1 amide bonds. The van der Waals surface area contributed by atoms with Crippen LogP contribution >= 0.6 is 0 Å². The molecule has 0 saturated carbocycles. The number of rotatable bonds is 7. The molecule has 36 heavy (non-hydrogen) atoms. The van der Waals surface area contributed by atoms with Crippen LogP contribution < -0.4 is 20.1 Å². The summed E-state index contributed by atoms with van der Waals surface area (Å²) >= 11 is 0. The Morgan fingerprint density at radius 1 is 1.19 bits per heavy atom. The molecule has 0 bridgehead atoms. The van der Waals surface area contributed by atoms with Gasteiger partial charge in [0.2, 0.25) is 0 Å². The fraction of sp³-hybridized carbons (Fsp3) is 0.538. The zero-order valence-corrected chi connectivity index (χ0v) is 22.5. The molecule has 2 aromatic rings. The number of nitrogens with zero attached hydrogens (tertiary/aromatic N) is 3. The highest BCUT2D eigenvalue weighted by Gasteiger charge is 2.40. The topological polar surface area (TPSA) is 118 Å². The van der Waals surface area contributed by atoms with Gasteiger partial charge in [-0.25, -0.2) is 9.71 Å². The van der Waals surface area contributed by atoms with Crippen LogP contribution in [0.2, 0.25) is 0 Å². The highest BCUT2D eigenvalue weighted by molar-refractivity contribution is 7.87. The molecule has 9 nitrogen and oxygen atoms in total. The van der Waals surface area contributed by atoms with Crippen molar-refractivity contribution in [1.82, 2.24) is 14.0 Å². The molecule has 10 heteroatoms. The summed E-state index contributed by atoms with van der Waals surface area (Å²) in [5, 5.41) is 0. The van der Waals surface area contributed by atoms with Gasteiger partial charge in [0.1, 0.15) is 11.6 Å². The number of amides is 1. The van der Waals surface area contributed by atoms with Gasteiger partial charge in [0, 0.05) is 36.8 Å². The van der Waals surface area contributed by atoms with E-state index in [0.717, 1.165) is 12.0 Å². The fourth-order valence-corrected chi connectivity index (χ4v) is 6.39. The summed E-state index contributed by atoms with van der Waals surface area (Å²) in [7, 11) is -4.02. The van der Waals surface area contributed by atoms with Gasteiger partial charge >= 0.3 is 10.2 Å². The molecule has 3 N–H and O–H groups in total. The number of hydrogen-bond acceptors (Lipinski definition) is 7.